The topological polar surface area (TPSA) is 293 Å². The van der Waals surface area contributed by atoms with Crippen LogP contribution in [0.15, 0.2) is 42.5 Å². The SMILES string of the molecule is CC.CC.O=C1NC(=O)C(O)(O)C(O)(O)C1N1C(=O)c2cccc(NC(O)(O)c3ccc(C(O)(O)N4CCOCC4)cc3)c2C1(O)O. The van der Waals surface area contributed by atoms with Crippen LogP contribution in [0.3, 0.4) is 0 Å². The zero-order valence-electron chi connectivity index (χ0n) is 25.9. The van der Waals surface area contributed by atoms with Gasteiger partial charge in [-0.05, 0) is 12.1 Å². The number of benzene rings is 2. The average Bonchev–Trinajstić information content (AvgIpc) is 3.24. The van der Waals surface area contributed by atoms with Crippen molar-refractivity contribution in [2.45, 2.75) is 63.0 Å². The van der Waals surface area contributed by atoms with Crippen molar-refractivity contribution in [1.29, 1.82) is 0 Å². The maximum absolute atomic E-state index is 13.2. The minimum atomic E-state index is -4.15. The maximum Gasteiger partial charge on any atom is 0.303 e. The maximum atomic E-state index is 13.2. The third kappa shape index (κ3) is 6.34. The number of nitrogens with one attached hydrogen (secondary N) is 2. The van der Waals surface area contributed by atoms with Gasteiger partial charge in [-0.15, -0.1) is 0 Å². The lowest BCUT2D eigenvalue weighted by Gasteiger charge is -2.47. The number of carbonyl (C=O) groups excluding carboxylic acids is 3. The van der Waals surface area contributed by atoms with Crippen LogP contribution in [0, 0.1) is 0 Å². The summed E-state index contributed by atoms with van der Waals surface area (Å²) in [5.41, 5.74) is -2.27. The van der Waals surface area contributed by atoms with Gasteiger partial charge in [-0.25, -0.2) is 4.90 Å². The van der Waals surface area contributed by atoms with Crippen LogP contribution in [0.2, 0.25) is 0 Å². The lowest BCUT2D eigenvalue weighted by atomic mass is 9.90. The van der Waals surface area contributed by atoms with E-state index in [1.165, 1.54) is 22.3 Å². The standard InChI is InChI=1S/C25H28N4O14.2C2H6/c30-18-17(21(33,34)22(35,36)20(32)26-18)29-19(31)14-2-1-3-15(16(14)25(29,41)42)27-23(37,38)12-4-6-13(7-5-12)24(39,40)28-8-10-43-11-9-28;2*1-2/h1-7,17,27,33-42H,8-11H2,(H,26,30,32);2*1-2H3. The molecule has 2 fully saturated rings. The number of imide groups is 1. The van der Waals surface area contributed by atoms with E-state index in [0.29, 0.717) is 0 Å². The molecular weight excluding hydrogens is 628 g/mol. The number of morpholine rings is 1. The molecule has 47 heavy (non-hydrogen) atoms. The molecule has 3 aliphatic rings. The zero-order valence-corrected chi connectivity index (χ0v) is 25.9. The second kappa shape index (κ2) is 13.5. The van der Waals surface area contributed by atoms with E-state index in [4.69, 9.17) is 4.74 Å². The highest BCUT2D eigenvalue weighted by Gasteiger charge is 2.70. The summed E-state index contributed by atoms with van der Waals surface area (Å²) in [6, 6.07) is 4.97. The van der Waals surface area contributed by atoms with Crippen molar-refractivity contribution in [3.63, 3.8) is 0 Å². The number of nitrogens with zero attached hydrogens (tertiary/aromatic N) is 2. The van der Waals surface area contributed by atoms with E-state index in [2.05, 4.69) is 5.32 Å². The van der Waals surface area contributed by atoms with Crippen molar-refractivity contribution < 1.29 is 70.2 Å². The van der Waals surface area contributed by atoms with Crippen LogP contribution >= 0.6 is 0 Å². The van der Waals surface area contributed by atoms with Gasteiger partial charge in [-0.2, -0.15) is 0 Å². The van der Waals surface area contributed by atoms with Crippen LogP contribution in [-0.2, 0) is 32.1 Å². The van der Waals surface area contributed by atoms with Crippen molar-refractivity contribution in [1.82, 2.24) is 15.1 Å². The molecule has 3 amide bonds. The fourth-order valence-electron chi connectivity index (χ4n) is 5.23. The Morgan fingerprint density at radius 1 is 0.830 bits per heavy atom. The third-order valence-electron chi connectivity index (χ3n) is 7.58. The first-order chi connectivity index (χ1) is 21.8. The number of aliphatic hydroxyl groups is 10. The van der Waals surface area contributed by atoms with Gasteiger partial charge in [0.2, 0.25) is 0 Å². The van der Waals surface area contributed by atoms with E-state index in [9.17, 15) is 65.4 Å². The highest BCUT2D eigenvalue weighted by Crippen LogP contribution is 2.45. The van der Waals surface area contributed by atoms with Crippen molar-refractivity contribution in [3.05, 3.63) is 64.7 Å². The van der Waals surface area contributed by atoms with Gasteiger partial charge in [0, 0.05) is 29.9 Å². The van der Waals surface area contributed by atoms with Crippen LogP contribution in [0.4, 0.5) is 5.69 Å². The van der Waals surface area contributed by atoms with Crippen LogP contribution < -0.4 is 10.6 Å². The Bertz CT molecular complexity index is 1470. The normalized spacial score (nSPS) is 21.9. The molecule has 3 heterocycles. The largest absolute Gasteiger partial charge is 0.379 e. The molecule has 260 valence electrons. The lowest BCUT2D eigenvalue weighted by Crippen LogP contribution is -2.80. The Hall–Kier alpha value is -3.63. The fourth-order valence-corrected chi connectivity index (χ4v) is 5.23. The Labute approximate surface area is 268 Å². The Balaban J connectivity index is 0.00000144. The van der Waals surface area contributed by atoms with Gasteiger partial charge in [-0.3, -0.25) is 24.6 Å². The highest BCUT2D eigenvalue weighted by atomic mass is 16.6. The number of amides is 3. The van der Waals surface area contributed by atoms with Gasteiger partial charge in [0.25, 0.3) is 41.2 Å². The summed E-state index contributed by atoms with van der Waals surface area (Å²) >= 11 is 0. The third-order valence-corrected chi connectivity index (χ3v) is 7.58. The van der Waals surface area contributed by atoms with Gasteiger partial charge in [-0.1, -0.05) is 58.0 Å². The molecule has 2 aromatic rings. The van der Waals surface area contributed by atoms with E-state index in [1.54, 1.807) is 0 Å². The summed E-state index contributed by atoms with van der Waals surface area (Å²) in [5.74, 6) is -22.4. The number of hydrogen-bond donors (Lipinski definition) is 12. The second-order valence-electron chi connectivity index (χ2n) is 10.3. The van der Waals surface area contributed by atoms with Crippen LogP contribution in [-0.4, -0.2) is 123 Å². The number of rotatable bonds is 6. The quantitative estimate of drug-likeness (QED) is 0.104. The van der Waals surface area contributed by atoms with Crippen molar-refractivity contribution in [3.8, 4) is 0 Å². The molecule has 1 unspecified atom stereocenters. The number of carbonyl (C=O) groups is 3. The molecule has 0 aromatic heterocycles. The summed E-state index contributed by atoms with van der Waals surface area (Å²) in [6.45, 7) is 8.95. The molecule has 0 aliphatic carbocycles. The molecule has 0 spiro atoms. The van der Waals surface area contributed by atoms with Crippen LogP contribution in [0.1, 0.15) is 54.7 Å². The summed E-state index contributed by atoms with van der Waals surface area (Å²) in [5, 5.41) is 109. The number of ether oxygens (including phenoxy) is 1. The van der Waals surface area contributed by atoms with Crippen LogP contribution in [0.25, 0.3) is 0 Å². The first-order valence-corrected chi connectivity index (χ1v) is 14.6. The smallest absolute Gasteiger partial charge is 0.303 e. The molecule has 1 atom stereocenters. The number of fused-ring (bicyclic) bond motifs is 1. The lowest BCUT2D eigenvalue weighted by molar-refractivity contribution is -0.373. The minimum absolute atomic E-state index is 0.0231. The van der Waals surface area contributed by atoms with Gasteiger partial charge < -0.3 is 61.1 Å². The van der Waals surface area contributed by atoms with Gasteiger partial charge >= 0.3 is 5.79 Å². The van der Waals surface area contributed by atoms with E-state index in [1.807, 2.05) is 27.7 Å². The fraction of sp³-hybridized carbons (Fsp3) is 0.483. The van der Waals surface area contributed by atoms with E-state index < -0.39 is 69.9 Å². The first-order valence-electron chi connectivity index (χ1n) is 14.6. The van der Waals surface area contributed by atoms with Crippen molar-refractivity contribution in [2.24, 2.45) is 0 Å². The molecule has 18 heteroatoms. The van der Waals surface area contributed by atoms with Gasteiger partial charge in [0.15, 0.2) is 6.04 Å². The first kappa shape index (κ1) is 37.8. The minimum Gasteiger partial charge on any atom is -0.379 e. The number of piperidine rings is 1. The van der Waals surface area contributed by atoms with Crippen molar-refractivity contribution >= 4 is 23.4 Å². The molecule has 12 N–H and O–H groups in total. The van der Waals surface area contributed by atoms with E-state index >= 15 is 0 Å². The summed E-state index contributed by atoms with van der Waals surface area (Å²) in [7, 11) is 0. The van der Waals surface area contributed by atoms with Gasteiger partial charge in [0.1, 0.15) is 0 Å². The van der Waals surface area contributed by atoms with E-state index in [-0.39, 0.29) is 42.3 Å². The molecule has 0 radical (unpaired) electrons. The average molecular weight is 669 g/mol. The summed E-state index contributed by atoms with van der Waals surface area (Å²) < 4.78 is 5.20. The van der Waals surface area contributed by atoms with Crippen LogP contribution in [0.5, 0.6) is 0 Å². The molecular formula is C29H40N4O14. The molecule has 18 nitrogen and oxygen atoms in total. The molecule has 0 bridgehead atoms. The molecule has 0 saturated carbocycles. The Morgan fingerprint density at radius 3 is 1.91 bits per heavy atom. The monoisotopic (exact) mass is 668 g/mol. The Morgan fingerprint density at radius 2 is 1.36 bits per heavy atom. The molecule has 2 saturated heterocycles. The molecule has 3 aliphatic heterocycles. The predicted octanol–water partition coefficient (Wildman–Crippen LogP) is -3.69. The molecule has 5 rings (SSSR count). The second-order valence-corrected chi connectivity index (χ2v) is 10.3. The Kier molecular flexibility index (Phi) is 10.8. The highest BCUT2D eigenvalue weighted by molar-refractivity contribution is 6.09. The molecule has 2 aromatic carbocycles. The summed E-state index contributed by atoms with van der Waals surface area (Å²) in [6.07, 6.45) is 0. The summed E-state index contributed by atoms with van der Waals surface area (Å²) in [4.78, 5) is 38.7. The van der Waals surface area contributed by atoms with Crippen molar-refractivity contribution in [2.75, 3.05) is 31.6 Å². The van der Waals surface area contributed by atoms with E-state index in [0.717, 1.165) is 30.3 Å². The zero-order chi connectivity index (χ0) is 35.8. The number of anilines is 1. The predicted molar refractivity (Wildman–Crippen MR) is 157 cm³/mol. The number of hydrogen-bond acceptors (Lipinski definition) is 16. The van der Waals surface area contributed by atoms with Gasteiger partial charge in [0.05, 0.1) is 24.3 Å².